The van der Waals surface area contributed by atoms with E-state index < -0.39 is 17.4 Å². The highest BCUT2D eigenvalue weighted by molar-refractivity contribution is 5.73. The van der Waals surface area contributed by atoms with Crippen LogP contribution >= 0.6 is 0 Å². The summed E-state index contributed by atoms with van der Waals surface area (Å²) in [5.74, 6) is 0.903. The number of hydrogen-bond donors (Lipinski definition) is 3. The molecule has 264 valence electrons. The first kappa shape index (κ1) is 34.9. The Kier molecular flexibility index (Phi) is 8.37. The van der Waals surface area contributed by atoms with Crippen molar-refractivity contribution < 1.29 is 19.4 Å². The van der Waals surface area contributed by atoms with Crippen LogP contribution in [0.25, 0.3) is 0 Å². The van der Waals surface area contributed by atoms with E-state index in [-0.39, 0.29) is 51.1 Å². The van der Waals surface area contributed by atoms with Gasteiger partial charge < -0.3 is 26.0 Å². The predicted molar refractivity (Wildman–Crippen MR) is 184 cm³/mol. The SMILES string of the molecule is CC(C)[C@@H](C)[C@@]1(C)CC[C@]2(C)[C@H]3CC[C@@H]4C5(COC[C@]4(C)[C@@H](OC[C@](C)(N)C(C)C)[C@H](n4cnc(N)n4)C5)C3=CC[C@@]2(C)[C@@H]1C(=O)O. The summed E-state index contributed by atoms with van der Waals surface area (Å²) in [5.41, 5.74) is 12.7. The molecule has 47 heavy (non-hydrogen) atoms. The maximum absolute atomic E-state index is 13.4. The summed E-state index contributed by atoms with van der Waals surface area (Å²) in [5, 5.41) is 15.7. The van der Waals surface area contributed by atoms with E-state index in [0.29, 0.717) is 43.5 Å². The van der Waals surface area contributed by atoms with Crippen LogP contribution in [-0.4, -0.2) is 57.3 Å². The van der Waals surface area contributed by atoms with E-state index in [1.807, 2.05) is 4.68 Å². The minimum atomic E-state index is -0.625. The van der Waals surface area contributed by atoms with Crippen molar-refractivity contribution in [1.29, 1.82) is 0 Å². The number of anilines is 1. The van der Waals surface area contributed by atoms with Gasteiger partial charge in [0.15, 0.2) is 0 Å². The Morgan fingerprint density at radius 2 is 1.83 bits per heavy atom. The number of nitrogens with two attached hydrogens (primary N) is 2. The zero-order valence-electron chi connectivity index (χ0n) is 30.8. The van der Waals surface area contributed by atoms with Crippen molar-refractivity contribution in [3.8, 4) is 0 Å². The Bertz CT molecular complexity index is 1410. The number of nitrogen functional groups attached to an aromatic ring is 1. The fraction of sp³-hybridized carbons (Fsp3) is 0.868. The maximum atomic E-state index is 13.4. The Balaban J connectivity index is 1.44. The second kappa shape index (κ2) is 11.3. The van der Waals surface area contributed by atoms with Crippen LogP contribution in [0.15, 0.2) is 18.0 Å². The van der Waals surface area contributed by atoms with Gasteiger partial charge in [-0.25, -0.2) is 9.67 Å². The van der Waals surface area contributed by atoms with E-state index in [1.165, 1.54) is 5.57 Å². The molecule has 0 spiro atoms. The lowest BCUT2D eigenvalue weighted by Crippen LogP contribution is -2.69. The summed E-state index contributed by atoms with van der Waals surface area (Å²) < 4.78 is 15.6. The van der Waals surface area contributed by atoms with Gasteiger partial charge in [0.25, 0.3) is 0 Å². The molecular weight excluding hydrogens is 590 g/mol. The average molecular weight is 654 g/mol. The molecule has 9 nitrogen and oxygen atoms in total. The fourth-order valence-electron chi connectivity index (χ4n) is 12.0. The smallest absolute Gasteiger partial charge is 0.307 e. The van der Waals surface area contributed by atoms with Gasteiger partial charge in [0, 0.05) is 16.4 Å². The number of rotatable bonds is 8. The predicted octanol–water partition coefficient (Wildman–Crippen LogP) is 6.75. The van der Waals surface area contributed by atoms with Crippen LogP contribution in [0.1, 0.15) is 114 Å². The second-order valence-corrected chi connectivity index (χ2v) is 18.6. The topological polar surface area (TPSA) is 139 Å². The van der Waals surface area contributed by atoms with Crippen molar-refractivity contribution in [2.45, 2.75) is 125 Å². The van der Waals surface area contributed by atoms with E-state index in [4.69, 9.17) is 20.9 Å². The largest absolute Gasteiger partial charge is 0.481 e. The number of carboxylic acids is 1. The molecule has 4 fully saturated rings. The molecule has 0 amide bonds. The van der Waals surface area contributed by atoms with Crippen molar-refractivity contribution in [2.75, 3.05) is 25.6 Å². The number of aliphatic carboxylic acids is 1. The van der Waals surface area contributed by atoms with Gasteiger partial charge in [-0.05, 0) is 91.3 Å². The molecule has 3 saturated carbocycles. The molecule has 1 saturated heterocycles. The van der Waals surface area contributed by atoms with Crippen LogP contribution in [0.3, 0.4) is 0 Å². The molecule has 4 aliphatic carbocycles. The molecule has 12 atom stereocenters. The number of carboxylic acid groups (broad SMARTS) is 1. The lowest BCUT2D eigenvalue weighted by Gasteiger charge is -2.71. The van der Waals surface area contributed by atoms with Crippen molar-refractivity contribution in [2.24, 2.45) is 68.3 Å². The number of ether oxygens (including phenoxy) is 2. The molecular formula is C38H63N5O4. The van der Waals surface area contributed by atoms with E-state index in [0.717, 1.165) is 38.5 Å². The molecule has 0 aromatic carbocycles. The molecule has 5 N–H and O–H groups in total. The Morgan fingerprint density at radius 3 is 2.43 bits per heavy atom. The van der Waals surface area contributed by atoms with Gasteiger partial charge in [-0.2, -0.15) is 0 Å². The van der Waals surface area contributed by atoms with Crippen LogP contribution in [0.5, 0.6) is 0 Å². The molecule has 2 heterocycles. The molecule has 6 rings (SSSR count). The first-order chi connectivity index (χ1) is 21.8. The first-order valence-electron chi connectivity index (χ1n) is 18.4. The highest BCUT2D eigenvalue weighted by Gasteiger charge is 2.72. The minimum Gasteiger partial charge on any atom is -0.481 e. The third-order valence-corrected chi connectivity index (χ3v) is 15.8. The molecule has 1 aromatic heterocycles. The van der Waals surface area contributed by atoms with Gasteiger partial charge in [-0.3, -0.25) is 4.79 Å². The Hall–Kier alpha value is -1.97. The van der Waals surface area contributed by atoms with E-state index in [2.05, 4.69) is 85.4 Å². The number of nitrogens with zero attached hydrogens (tertiary/aromatic N) is 3. The number of hydrogen-bond acceptors (Lipinski definition) is 7. The summed E-state index contributed by atoms with van der Waals surface area (Å²) in [6, 6.07) is -0.0815. The number of fused-ring (bicyclic) bond motifs is 3. The van der Waals surface area contributed by atoms with E-state index >= 15 is 0 Å². The molecule has 9 heteroatoms. The van der Waals surface area contributed by atoms with Gasteiger partial charge in [0.2, 0.25) is 5.95 Å². The van der Waals surface area contributed by atoms with Gasteiger partial charge in [-0.15, -0.1) is 5.10 Å². The van der Waals surface area contributed by atoms with Crippen LogP contribution in [0, 0.1) is 62.6 Å². The van der Waals surface area contributed by atoms with Crippen molar-refractivity contribution in [1.82, 2.24) is 14.8 Å². The molecule has 0 radical (unpaired) electrons. The van der Waals surface area contributed by atoms with E-state index in [9.17, 15) is 9.90 Å². The monoisotopic (exact) mass is 653 g/mol. The van der Waals surface area contributed by atoms with Crippen LogP contribution < -0.4 is 11.5 Å². The normalized spacial score (nSPS) is 45.0. The summed E-state index contributed by atoms with van der Waals surface area (Å²) in [6.07, 6.45) is 9.81. The highest BCUT2D eigenvalue weighted by Crippen LogP contribution is 2.75. The zero-order chi connectivity index (χ0) is 34.5. The van der Waals surface area contributed by atoms with E-state index in [1.54, 1.807) is 6.33 Å². The van der Waals surface area contributed by atoms with Crippen molar-refractivity contribution in [3.05, 3.63) is 18.0 Å². The van der Waals surface area contributed by atoms with Crippen LogP contribution in [0.4, 0.5) is 5.95 Å². The van der Waals surface area contributed by atoms with Gasteiger partial charge in [0.1, 0.15) is 6.33 Å². The number of carbonyl (C=O) groups is 1. The average Bonchev–Trinajstić information content (AvgIpc) is 3.42. The zero-order valence-corrected chi connectivity index (χ0v) is 30.8. The Morgan fingerprint density at radius 1 is 1.13 bits per heavy atom. The van der Waals surface area contributed by atoms with Crippen molar-refractivity contribution in [3.63, 3.8) is 0 Å². The summed E-state index contributed by atoms with van der Waals surface area (Å²) in [4.78, 5) is 17.8. The summed E-state index contributed by atoms with van der Waals surface area (Å²) >= 11 is 0. The molecule has 2 bridgehead atoms. The molecule has 1 aromatic rings. The maximum Gasteiger partial charge on any atom is 0.307 e. The number of allylic oxidation sites excluding steroid dienone is 1. The fourth-order valence-corrected chi connectivity index (χ4v) is 12.0. The molecule has 5 aliphatic rings. The third-order valence-electron chi connectivity index (χ3n) is 15.8. The van der Waals surface area contributed by atoms with Gasteiger partial charge >= 0.3 is 5.97 Å². The minimum absolute atomic E-state index is 0.0815. The van der Waals surface area contributed by atoms with Gasteiger partial charge in [-0.1, -0.05) is 74.0 Å². The van der Waals surface area contributed by atoms with Crippen LogP contribution in [-0.2, 0) is 14.3 Å². The first-order valence-corrected chi connectivity index (χ1v) is 18.4. The number of aromatic nitrogens is 3. The standard InChI is InChI=1S/C38H63N5O4/c1-22(2)24(5)33(6)15-16-35(8)25-11-12-28-34(7)18-46-20-38(28,26(25)13-14-36(35,9)29(33)31(44)45)17-27(43-21-41-32(39)42-43)30(34)47-19-37(10,40)23(3)4/h13,21-25,27-30H,11-12,14-20,40H2,1-10H3,(H2,39,42)(H,44,45)/t24-,25+,27-,28+,29-,30+,33-,34+,35-,36+,37+,38?/m1/s1. The second-order valence-electron chi connectivity index (χ2n) is 18.6. The van der Waals surface area contributed by atoms with Crippen molar-refractivity contribution >= 4 is 11.9 Å². The highest BCUT2D eigenvalue weighted by atomic mass is 16.5. The molecule has 1 unspecified atom stereocenters. The third kappa shape index (κ3) is 4.82. The van der Waals surface area contributed by atoms with Gasteiger partial charge in [0.05, 0.1) is 37.9 Å². The summed E-state index contributed by atoms with van der Waals surface area (Å²) in [6.45, 7) is 24.3. The quantitative estimate of drug-likeness (QED) is 0.262. The molecule has 1 aliphatic heterocycles. The Labute approximate surface area is 283 Å². The van der Waals surface area contributed by atoms with Crippen LogP contribution in [0.2, 0.25) is 0 Å². The lowest BCUT2D eigenvalue weighted by atomic mass is 9.34. The lowest BCUT2D eigenvalue weighted by molar-refractivity contribution is -0.252. The summed E-state index contributed by atoms with van der Waals surface area (Å²) in [7, 11) is 0.